The third-order valence-corrected chi connectivity index (χ3v) is 2.69. The number of amides is 2. The Morgan fingerprint density at radius 2 is 1.83 bits per heavy atom. The van der Waals surface area contributed by atoms with Crippen LogP contribution in [0.1, 0.15) is 50.0 Å². The summed E-state index contributed by atoms with van der Waals surface area (Å²) in [4.78, 5) is 28.9. The highest BCUT2D eigenvalue weighted by atomic mass is 16.7. The third-order valence-electron chi connectivity index (χ3n) is 2.69. The Hall–Kier alpha value is -2.12. The van der Waals surface area contributed by atoms with Crippen LogP contribution in [0.4, 0.5) is 4.79 Å². The molecular weight excluding hydrogens is 300 g/mol. The first-order valence-corrected chi connectivity index (χ1v) is 7.43. The second-order valence-corrected chi connectivity index (χ2v) is 5.99. The van der Waals surface area contributed by atoms with E-state index in [-0.39, 0.29) is 6.54 Å². The van der Waals surface area contributed by atoms with E-state index in [2.05, 4.69) is 0 Å². The second-order valence-electron chi connectivity index (χ2n) is 5.99. The van der Waals surface area contributed by atoms with Crippen LogP contribution in [0.3, 0.4) is 0 Å². The predicted octanol–water partition coefficient (Wildman–Crippen LogP) is 2.88. The molecule has 7 nitrogen and oxygen atoms in total. The average Bonchev–Trinajstić information content (AvgIpc) is 2.49. The molecule has 0 heterocycles. The molecule has 0 fully saturated rings. The number of carbonyl (C=O) groups is 2. The van der Waals surface area contributed by atoms with Crippen LogP contribution in [0, 0.1) is 0 Å². The highest BCUT2D eigenvalue weighted by Gasteiger charge is 2.23. The number of hydrogen-bond donors (Lipinski definition) is 2. The van der Waals surface area contributed by atoms with Crippen LogP contribution in [0.5, 0.6) is 0 Å². The van der Waals surface area contributed by atoms with Crippen LogP contribution in [0.2, 0.25) is 0 Å². The number of carbonyl (C=O) groups excluding carboxylic acids is 2. The number of hydroxylamine groups is 3. The van der Waals surface area contributed by atoms with Gasteiger partial charge in [-0.05, 0) is 44.9 Å². The van der Waals surface area contributed by atoms with Crippen LogP contribution in [0.25, 0.3) is 0 Å². The lowest BCUT2D eigenvalue weighted by molar-refractivity contribution is -0.153. The largest absolute Gasteiger partial charge is 0.442 e. The molecule has 23 heavy (non-hydrogen) atoms. The lowest BCUT2D eigenvalue weighted by atomic mass is 10.1. The van der Waals surface area contributed by atoms with Gasteiger partial charge in [0.25, 0.3) is 5.91 Å². The maximum atomic E-state index is 12.2. The van der Waals surface area contributed by atoms with Gasteiger partial charge in [-0.2, -0.15) is 5.06 Å². The fraction of sp³-hybridized carbons (Fsp3) is 0.500. The number of hydrogen-bond acceptors (Lipinski definition) is 5. The summed E-state index contributed by atoms with van der Waals surface area (Å²) in [5.41, 5.74) is 2.03. The van der Waals surface area contributed by atoms with Gasteiger partial charge in [-0.15, -0.1) is 0 Å². The van der Waals surface area contributed by atoms with Crippen molar-refractivity contribution in [2.45, 2.75) is 46.3 Å². The molecular formula is C16H24N2O5. The van der Waals surface area contributed by atoms with Crippen LogP contribution in [-0.4, -0.2) is 34.5 Å². The highest BCUT2D eigenvalue weighted by Crippen LogP contribution is 2.14. The Kier molecular flexibility index (Phi) is 6.99. The quantitative estimate of drug-likeness (QED) is 0.620. The standard InChI is InChI=1S/C16H24N2O5/c1-5-10-22-18(15(20)23-16(2,3)4)11-12-6-8-13(9-7-12)14(19)17-21/h6-9,21H,5,10-11H2,1-4H3,(H,17,19). The van der Waals surface area contributed by atoms with Crippen LogP contribution < -0.4 is 5.48 Å². The summed E-state index contributed by atoms with van der Waals surface area (Å²) < 4.78 is 5.31. The molecule has 1 rings (SSSR count). The SMILES string of the molecule is CCCON(Cc1ccc(C(=O)NO)cc1)C(=O)OC(C)(C)C. The van der Waals surface area contributed by atoms with Gasteiger partial charge in [0, 0.05) is 5.56 Å². The first-order chi connectivity index (χ1) is 10.8. The predicted molar refractivity (Wildman–Crippen MR) is 83.7 cm³/mol. The number of ether oxygens (including phenoxy) is 1. The number of nitrogens with zero attached hydrogens (tertiary/aromatic N) is 1. The van der Waals surface area contributed by atoms with E-state index in [0.717, 1.165) is 17.0 Å². The molecule has 0 aromatic heterocycles. The van der Waals surface area contributed by atoms with E-state index in [0.29, 0.717) is 12.2 Å². The van der Waals surface area contributed by atoms with E-state index in [4.69, 9.17) is 14.8 Å². The molecule has 2 amide bonds. The zero-order valence-electron chi connectivity index (χ0n) is 14.0. The molecule has 2 N–H and O–H groups in total. The van der Waals surface area contributed by atoms with Gasteiger partial charge >= 0.3 is 6.09 Å². The smallest absolute Gasteiger partial charge is 0.434 e. The van der Waals surface area contributed by atoms with E-state index < -0.39 is 17.6 Å². The molecule has 0 radical (unpaired) electrons. The second kappa shape index (κ2) is 8.50. The van der Waals surface area contributed by atoms with Gasteiger partial charge < -0.3 is 4.74 Å². The maximum Gasteiger partial charge on any atom is 0.434 e. The van der Waals surface area contributed by atoms with Crippen molar-refractivity contribution in [2.24, 2.45) is 0 Å². The molecule has 1 aromatic carbocycles. The first-order valence-electron chi connectivity index (χ1n) is 7.43. The molecule has 7 heteroatoms. The zero-order chi connectivity index (χ0) is 17.5. The maximum absolute atomic E-state index is 12.2. The van der Waals surface area contributed by atoms with E-state index in [1.54, 1.807) is 50.5 Å². The summed E-state index contributed by atoms with van der Waals surface area (Å²) in [5, 5.41) is 9.75. The molecule has 128 valence electrons. The van der Waals surface area contributed by atoms with Gasteiger partial charge in [-0.25, -0.2) is 10.3 Å². The summed E-state index contributed by atoms with van der Waals surface area (Å²) in [6.07, 6.45) is 0.192. The normalized spacial score (nSPS) is 11.0. The summed E-state index contributed by atoms with van der Waals surface area (Å²) in [5.74, 6) is -0.595. The lowest BCUT2D eigenvalue weighted by Crippen LogP contribution is -2.36. The molecule has 0 aliphatic carbocycles. The van der Waals surface area contributed by atoms with Crippen LogP contribution in [-0.2, 0) is 16.1 Å². The van der Waals surface area contributed by atoms with E-state index in [1.165, 1.54) is 0 Å². The van der Waals surface area contributed by atoms with Crippen molar-refractivity contribution < 1.29 is 24.4 Å². The first kappa shape index (κ1) is 18.9. The van der Waals surface area contributed by atoms with Gasteiger partial charge in [0.2, 0.25) is 0 Å². The molecule has 0 unspecified atom stereocenters. The molecule has 0 spiro atoms. The van der Waals surface area contributed by atoms with Crippen LogP contribution >= 0.6 is 0 Å². The van der Waals surface area contributed by atoms with Gasteiger partial charge in [0.05, 0.1) is 13.2 Å². The Labute approximate surface area is 136 Å². The van der Waals surface area contributed by atoms with Crippen LogP contribution in [0.15, 0.2) is 24.3 Å². The topological polar surface area (TPSA) is 88.1 Å². The Morgan fingerprint density at radius 3 is 2.30 bits per heavy atom. The molecule has 0 aliphatic rings. The van der Waals surface area contributed by atoms with E-state index in [1.807, 2.05) is 6.92 Å². The molecule has 0 atom stereocenters. The molecule has 0 saturated heterocycles. The van der Waals surface area contributed by atoms with Crippen molar-refractivity contribution >= 4 is 12.0 Å². The van der Waals surface area contributed by atoms with Gasteiger partial charge in [-0.3, -0.25) is 14.8 Å². The highest BCUT2D eigenvalue weighted by molar-refractivity contribution is 5.93. The monoisotopic (exact) mass is 324 g/mol. The van der Waals surface area contributed by atoms with Gasteiger partial charge in [0.1, 0.15) is 5.60 Å². The van der Waals surface area contributed by atoms with Crippen molar-refractivity contribution in [3.63, 3.8) is 0 Å². The number of nitrogens with one attached hydrogen (secondary N) is 1. The Morgan fingerprint density at radius 1 is 1.22 bits per heavy atom. The summed E-state index contributed by atoms with van der Waals surface area (Å²) >= 11 is 0. The molecule has 0 saturated carbocycles. The van der Waals surface area contributed by atoms with Crippen molar-refractivity contribution in [2.75, 3.05) is 6.61 Å². The fourth-order valence-corrected chi connectivity index (χ4v) is 1.67. The van der Waals surface area contributed by atoms with Crippen molar-refractivity contribution in [1.29, 1.82) is 0 Å². The third kappa shape index (κ3) is 6.66. The van der Waals surface area contributed by atoms with E-state index in [9.17, 15) is 9.59 Å². The van der Waals surface area contributed by atoms with E-state index >= 15 is 0 Å². The summed E-state index contributed by atoms with van der Waals surface area (Å²) in [6.45, 7) is 7.87. The van der Waals surface area contributed by atoms with Crippen molar-refractivity contribution in [3.8, 4) is 0 Å². The average molecular weight is 324 g/mol. The zero-order valence-corrected chi connectivity index (χ0v) is 14.0. The summed E-state index contributed by atoms with van der Waals surface area (Å²) in [7, 11) is 0. The minimum absolute atomic E-state index is 0.190. The number of rotatable bonds is 6. The van der Waals surface area contributed by atoms with Gasteiger partial charge in [-0.1, -0.05) is 19.1 Å². The molecule has 0 bridgehead atoms. The van der Waals surface area contributed by atoms with Crippen molar-refractivity contribution in [1.82, 2.24) is 10.5 Å². The lowest BCUT2D eigenvalue weighted by Gasteiger charge is -2.26. The Balaban J connectivity index is 2.80. The summed E-state index contributed by atoms with van der Waals surface area (Å²) in [6, 6.07) is 6.45. The fourth-order valence-electron chi connectivity index (χ4n) is 1.67. The minimum atomic E-state index is -0.617. The molecule has 1 aromatic rings. The number of benzene rings is 1. The van der Waals surface area contributed by atoms with Crippen molar-refractivity contribution in [3.05, 3.63) is 35.4 Å². The Bertz CT molecular complexity index is 522. The molecule has 0 aliphatic heterocycles. The van der Waals surface area contributed by atoms with Gasteiger partial charge in [0.15, 0.2) is 0 Å². The minimum Gasteiger partial charge on any atom is -0.442 e.